The van der Waals surface area contributed by atoms with Gasteiger partial charge in [0.15, 0.2) is 0 Å². The van der Waals surface area contributed by atoms with Gasteiger partial charge in [0.05, 0.1) is 26.7 Å². The Morgan fingerprint density at radius 3 is 1.15 bits per heavy atom. The van der Waals surface area contributed by atoms with Crippen molar-refractivity contribution < 1.29 is 21.5 Å². The molecule has 0 fully saturated rings. The first kappa shape index (κ1) is 29.1. The van der Waals surface area contributed by atoms with Gasteiger partial charge in [-0.3, -0.25) is 0 Å². The third-order valence-corrected chi connectivity index (χ3v) is 6.25. The van der Waals surface area contributed by atoms with E-state index in [0.29, 0.717) is 0 Å². The van der Waals surface area contributed by atoms with Gasteiger partial charge in [-0.2, -0.15) is 0 Å². The van der Waals surface area contributed by atoms with E-state index >= 15 is 0 Å². The lowest BCUT2D eigenvalue weighted by Gasteiger charge is -2.35. The summed E-state index contributed by atoms with van der Waals surface area (Å²) in [6.45, 7) is 8.81. The first-order valence-corrected chi connectivity index (χ1v) is 12.7. The molecular weight excluding hydrogens is 450 g/mol. The molecule has 0 N–H and O–H groups in total. The van der Waals surface area contributed by atoms with Crippen LogP contribution in [-0.2, 0) is 0 Å². The predicted octanol–water partition coefficient (Wildman–Crippen LogP) is 5.11. The molecule has 0 rings (SSSR count). The van der Waals surface area contributed by atoms with E-state index < -0.39 is 0 Å². The van der Waals surface area contributed by atoms with E-state index in [0.717, 1.165) is 0 Å². The number of hydrogen-bond donors (Lipinski definition) is 0. The largest absolute Gasteiger partial charge is 1.00 e. The molecule has 0 aliphatic rings. The van der Waals surface area contributed by atoms with E-state index in [-0.39, 0.29) is 17.0 Å². The smallest absolute Gasteiger partial charge is 0.0784 e. The van der Waals surface area contributed by atoms with Crippen LogP contribution in [-0.4, -0.2) is 36.5 Å². The van der Waals surface area contributed by atoms with Crippen molar-refractivity contribution in [3.63, 3.8) is 0 Å². The fourth-order valence-corrected chi connectivity index (χ4v) is 4.22. The quantitative estimate of drug-likeness (QED) is 0.124. The van der Waals surface area contributed by atoms with Gasteiger partial charge in [-0.1, -0.05) is 94.0 Å². The van der Waals surface area contributed by atoms with Crippen molar-refractivity contribution >= 4 is 15.9 Å². The molecule has 0 saturated heterocycles. The summed E-state index contributed by atoms with van der Waals surface area (Å²) >= 11 is 3.60. The Hall–Kier alpha value is 0.920. The van der Waals surface area contributed by atoms with Crippen molar-refractivity contribution in [1.29, 1.82) is 0 Å². The van der Waals surface area contributed by atoms with Gasteiger partial charge in [-0.25, -0.2) is 0 Å². The van der Waals surface area contributed by atoms with Crippen LogP contribution in [0.15, 0.2) is 0 Å². The third-order valence-electron chi connectivity index (χ3n) is 5.68. The molecule has 0 aromatic carbocycles. The van der Waals surface area contributed by atoms with Gasteiger partial charge in [-0.05, 0) is 38.5 Å². The molecule has 0 aromatic heterocycles. The van der Waals surface area contributed by atoms with Crippen LogP contribution in [0.5, 0.6) is 0 Å². The fraction of sp³-hybridized carbons (Fsp3) is 1.00. The Morgan fingerprint density at radius 2 is 0.808 bits per heavy atom. The Kier molecular flexibility index (Phi) is 24.9. The highest BCUT2D eigenvalue weighted by Gasteiger charge is 2.19. The molecule has 0 unspecified atom stereocenters. The van der Waals surface area contributed by atoms with Gasteiger partial charge in [0, 0.05) is 5.33 Å². The van der Waals surface area contributed by atoms with Crippen LogP contribution in [0.2, 0.25) is 0 Å². The maximum Gasteiger partial charge on any atom is 0.0784 e. The normalized spacial score (nSPS) is 11.5. The van der Waals surface area contributed by atoms with Crippen LogP contribution in [0.4, 0.5) is 0 Å². The predicted molar refractivity (Wildman–Crippen MR) is 120 cm³/mol. The van der Waals surface area contributed by atoms with E-state index in [4.69, 9.17) is 0 Å². The number of rotatable bonds is 20. The van der Waals surface area contributed by atoms with Gasteiger partial charge in [0.1, 0.15) is 0 Å². The molecular formula is C23H49Br2N. The lowest BCUT2D eigenvalue weighted by atomic mass is 10.1. The van der Waals surface area contributed by atoms with Crippen LogP contribution in [0, 0.1) is 0 Å². The number of quaternary nitrogens is 1. The molecule has 0 heterocycles. The SMILES string of the molecule is CCCCCCCCC[N+](C)(CCCCBr)CCCCCCCCC.[Br-]. The highest BCUT2D eigenvalue weighted by atomic mass is 79.9. The molecule has 0 aliphatic heterocycles. The number of halogens is 2. The maximum atomic E-state index is 3.60. The van der Waals surface area contributed by atoms with Gasteiger partial charge in [0.2, 0.25) is 0 Å². The van der Waals surface area contributed by atoms with Crippen molar-refractivity contribution in [3.8, 4) is 0 Å². The first-order chi connectivity index (χ1) is 12.2. The molecule has 160 valence electrons. The molecule has 1 nitrogen and oxygen atoms in total. The second-order valence-corrected chi connectivity index (χ2v) is 9.22. The van der Waals surface area contributed by atoms with Crippen molar-refractivity contribution in [2.45, 2.75) is 117 Å². The summed E-state index contributed by atoms with van der Waals surface area (Å²) < 4.78 is 1.33. The van der Waals surface area contributed by atoms with E-state index in [1.807, 2.05) is 0 Å². The monoisotopic (exact) mass is 497 g/mol. The molecule has 0 aromatic rings. The van der Waals surface area contributed by atoms with Crippen molar-refractivity contribution in [2.75, 3.05) is 32.0 Å². The van der Waals surface area contributed by atoms with Gasteiger partial charge < -0.3 is 21.5 Å². The standard InChI is InChI=1S/C23H49BrN.BrH/c1-4-6-8-10-12-14-17-21-25(3,23-19-16-20-24)22-18-15-13-11-9-7-5-2;/h4-23H2,1-3H3;1H/q+1;/p-1. The summed E-state index contributed by atoms with van der Waals surface area (Å²) in [5, 5.41) is 1.17. The number of alkyl halides is 1. The van der Waals surface area contributed by atoms with Crippen LogP contribution in [0.1, 0.15) is 117 Å². The summed E-state index contributed by atoms with van der Waals surface area (Å²) in [7, 11) is 2.53. The number of hydrogen-bond acceptors (Lipinski definition) is 0. The molecule has 0 saturated carbocycles. The molecule has 26 heavy (non-hydrogen) atoms. The summed E-state index contributed by atoms with van der Waals surface area (Å²) in [4.78, 5) is 0. The van der Waals surface area contributed by atoms with Crippen LogP contribution in [0.25, 0.3) is 0 Å². The molecule has 0 amide bonds. The Bertz CT molecular complexity index is 241. The van der Waals surface area contributed by atoms with Crippen molar-refractivity contribution in [3.05, 3.63) is 0 Å². The summed E-state index contributed by atoms with van der Waals surface area (Å²) in [5.41, 5.74) is 0. The topological polar surface area (TPSA) is 0 Å². The average molecular weight is 499 g/mol. The zero-order valence-electron chi connectivity index (χ0n) is 18.3. The molecule has 0 bridgehead atoms. The summed E-state index contributed by atoms with van der Waals surface area (Å²) in [5.74, 6) is 0. The van der Waals surface area contributed by atoms with Crippen molar-refractivity contribution in [1.82, 2.24) is 0 Å². The van der Waals surface area contributed by atoms with E-state index in [1.165, 1.54) is 132 Å². The highest BCUT2D eigenvalue weighted by molar-refractivity contribution is 9.09. The summed E-state index contributed by atoms with van der Waals surface area (Å²) in [6, 6.07) is 0. The van der Waals surface area contributed by atoms with Gasteiger partial charge in [-0.15, -0.1) is 0 Å². The zero-order valence-corrected chi connectivity index (χ0v) is 21.5. The van der Waals surface area contributed by atoms with Gasteiger partial charge >= 0.3 is 0 Å². The number of nitrogens with zero attached hydrogens (tertiary/aromatic N) is 1. The van der Waals surface area contributed by atoms with Gasteiger partial charge in [0.25, 0.3) is 0 Å². The Balaban J connectivity index is 0. The average Bonchev–Trinajstić information content (AvgIpc) is 2.60. The van der Waals surface area contributed by atoms with Crippen LogP contribution < -0.4 is 17.0 Å². The lowest BCUT2D eigenvalue weighted by molar-refractivity contribution is -0.910. The Morgan fingerprint density at radius 1 is 0.500 bits per heavy atom. The first-order valence-electron chi connectivity index (χ1n) is 11.6. The molecule has 0 spiro atoms. The van der Waals surface area contributed by atoms with Crippen LogP contribution >= 0.6 is 15.9 Å². The Labute approximate surface area is 185 Å². The second-order valence-electron chi connectivity index (χ2n) is 8.43. The van der Waals surface area contributed by atoms with E-state index in [1.54, 1.807) is 0 Å². The summed E-state index contributed by atoms with van der Waals surface area (Å²) in [6.07, 6.45) is 22.8. The number of unbranched alkanes of at least 4 members (excludes halogenated alkanes) is 13. The minimum absolute atomic E-state index is 0. The molecule has 3 heteroatoms. The maximum absolute atomic E-state index is 3.60. The minimum Gasteiger partial charge on any atom is -1.00 e. The third kappa shape index (κ3) is 19.7. The van der Waals surface area contributed by atoms with E-state index in [2.05, 4.69) is 36.8 Å². The zero-order chi connectivity index (χ0) is 18.6. The molecule has 0 aliphatic carbocycles. The van der Waals surface area contributed by atoms with E-state index in [9.17, 15) is 0 Å². The lowest BCUT2D eigenvalue weighted by Crippen LogP contribution is -3.00. The minimum atomic E-state index is 0. The van der Waals surface area contributed by atoms with Crippen molar-refractivity contribution in [2.24, 2.45) is 0 Å². The highest BCUT2D eigenvalue weighted by Crippen LogP contribution is 2.15. The molecule has 0 radical (unpaired) electrons. The second kappa shape index (κ2) is 22.2. The van der Waals surface area contributed by atoms with Crippen LogP contribution in [0.3, 0.4) is 0 Å². The fourth-order valence-electron chi connectivity index (χ4n) is 3.82. The molecule has 0 atom stereocenters.